The van der Waals surface area contributed by atoms with Crippen molar-refractivity contribution in [2.75, 3.05) is 24.4 Å². The number of amides is 3. The number of benzene rings is 2. The highest BCUT2D eigenvalue weighted by atomic mass is 35.5. The maximum atomic E-state index is 13.0. The minimum atomic E-state index is -0.921. The first-order valence-corrected chi connectivity index (χ1v) is 10.1. The van der Waals surface area contributed by atoms with Crippen LogP contribution in [0.2, 0.25) is 10.0 Å². The summed E-state index contributed by atoms with van der Waals surface area (Å²) < 4.78 is 6.60. The minimum Gasteiger partial charge on any atom is -0.494 e. The first kappa shape index (κ1) is 22.5. The van der Waals surface area contributed by atoms with Crippen molar-refractivity contribution in [3.8, 4) is 5.75 Å². The second-order valence-electron chi connectivity index (χ2n) is 6.54. The molecule has 10 heteroatoms. The summed E-state index contributed by atoms with van der Waals surface area (Å²) in [5.41, 5.74) is 3.31. The van der Waals surface area contributed by atoms with E-state index < -0.39 is 17.7 Å². The molecule has 3 rings (SSSR count). The van der Waals surface area contributed by atoms with Crippen LogP contribution >= 0.6 is 23.2 Å². The Morgan fingerprint density at radius 3 is 2.52 bits per heavy atom. The minimum absolute atomic E-state index is 0.0714. The van der Waals surface area contributed by atoms with E-state index in [1.165, 1.54) is 17.9 Å². The van der Waals surface area contributed by atoms with E-state index in [2.05, 4.69) is 16.1 Å². The smallest absolute Gasteiger partial charge is 0.328 e. The lowest BCUT2D eigenvalue weighted by Crippen LogP contribution is -2.40. The van der Waals surface area contributed by atoms with Gasteiger partial charge in [-0.25, -0.2) is 4.68 Å². The number of halogens is 2. The number of anilines is 1. The highest BCUT2D eigenvalue weighted by Crippen LogP contribution is 2.30. The first-order chi connectivity index (χ1) is 14.8. The molecule has 0 fully saturated rings. The number of rotatable bonds is 6. The Kier molecular flexibility index (Phi) is 7.04. The van der Waals surface area contributed by atoms with E-state index in [1.807, 2.05) is 6.92 Å². The number of para-hydroxylation sites is 1. The Hall–Kier alpha value is -3.23. The van der Waals surface area contributed by atoms with Gasteiger partial charge in [-0.15, -0.1) is 0 Å². The molecule has 3 amide bonds. The number of nitrogens with zero attached hydrogens (tertiary/aromatic N) is 1. The largest absolute Gasteiger partial charge is 0.494 e. The predicted octanol–water partition coefficient (Wildman–Crippen LogP) is 3.81. The maximum Gasteiger partial charge on any atom is 0.328 e. The summed E-state index contributed by atoms with van der Waals surface area (Å²) in [6, 6.07) is 11.4. The molecule has 3 N–H and O–H groups in total. The Labute approximate surface area is 188 Å². The third-order valence-corrected chi connectivity index (χ3v) is 4.92. The van der Waals surface area contributed by atoms with Crippen molar-refractivity contribution in [3.63, 3.8) is 0 Å². The number of hydrogen-bond donors (Lipinski definition) is 3. The molecule has 0 aliphatic heterocycles. The predicted molar refractivity (Wildman–Crippen MR) is 121 cm³/mol. The third kappa shape index (κ3) is 4.92. The molecule has 1 aromatic heterocycles. The summed E-state index contributed by atoms with van der Waals surface area (Å²) in [6.45, 7) is 2.22. The van der Waals surface area contributed by atoms with Gasteiger partial charge in [0.25, 0.3) is 5.91 Å². The molecular formula is C21H20Cl2N4O4. The maximum absolute atomic E-state index is 13.0. The number of hydrogen-bond acceptors (Lipinski definition) is 4. The van der Waals surface area contributed by atoms with Crippen LogP contribution in [0.4, 0.5) is 5.69 Å². The van der Waals surface area contributed by atoms with Gasteiger partial charge in [0.15, 0.2) is 0 Å². The lowest BCUT2D eigenvalue weighted by atomic mass is 10.2. The molecule has 0 bridgehead atoms. The molecule has 0 atom stereocenters. The molecule has 0 saturated carbocycles. The Balaban J connectivity index is 2.01. The van der Waals surface area contributed by atoms with Crippen LogP contribution < -0.4 is 20.8 Å². The van der Waals surface area contributed by atoms with Crippen LogP contribution in [0.1, 0.15) is 23.8 Å². The summed E-state index contributed by atoms with van der Waals surface area (Å²) in [5.74, 6) is -1.88. The van der Waals surface area contributed by atoms with Gasteiger partial charge in [0, 0.05) is 17.0 Å². The molecule has 1 heterocycles. The fourth-order valence-corrected chi connectivity index (χ4v) is 3.38. The molecule has 2 aromatic carbocycles. The third-order valence-electron chi connectivity index (χ3n) is 4.37. The highest BCUT2D eigenvalue weighted by molar-refractivity contribution is 6.38. The van der Waals surface area contributed by atoms with Crippen molar-refractivity contribution in [1.82, 2.24) is 9.99 Å². The van der Waals surface area contributed by atoms with Crippen molar-refractivity contribution >= 4 is 57.5 Å². The number of nitrogens with one attached hydrogen (secondary N) is 3. The zero-order valence-electron chi connectivity index (χ0n) is 16.8. The van der Waals surface area contributed by atoms with Gasteiger partial charge < -0.3 is 15.4 Å². The average Bonchev–Trinajstić information content (AvgIpc) is 3.12. The summed E-state index contributed by atoms with van der Waals surface area (Å²) in [7, 11) is 1.47. The Bertz CT molecular complexity index is 1160. The van der Waals surface area contributed by atoms with E-state index in [0.717, 1.165) is 0 Å². The second kappa shape index (κ2) is 9.72. The summed E-state index contributed by atoms with van der Waals surface area (Å²) in [4.78, 5) is 37.5. The van der Waals surface area contributed by atoms with Gasteiger partial charge in [-0.2, -0.15) is 0 Å². The molecule has 0 spiro atoms. The fraction of sp³-hybridized carbons (Fsp3) is 0.190. The van der Waals surface area contributed by atoms with Gasteiger partial charge in [0.1, 0.15) is 17.0 Å². The van der Waals surface area contributed by atoms with Crippen LogP contribution in [0.15, 0.2) is 42.5 Å². The van der Waals surface area contributed by atoms with Gasteiger partial charge in [0.2, 0.25) is 0 Å². The molecule has 162 valence electrons. The van der Waals surface area contributed by atoms with Gasteiger partial charge >= 0.3 is 11.8 Å². The normalized spacial score (nSPS) is 10.6. The van der Waals surface area contributed by atoms with Crippen LogP contribution in [0, 0.1) is 0 Å². The molecule has 0 saturated heterocycles. The summed E-state index contributed by atoms with van der Waals surface area (Å²) in [5, 5.41) is 6.49. The van der Waals surface area contributed by atoms with Crippen molar-refractivity contribution in [1.29, 1.82) is 0 Å². The first-order valence-electron chi connectivity index (χ1n) is 9.39. The number of carbonyl (C=O) groups excluding carboxylic acids is 3. The highest BCUT2D eigenvalue weighted by Gasteiger charge is 2.23. The van der Waals surface area contributed by atoms with Crippen LogP contribution in [0.5, 0.6) is 5.75 Å². The van der Waals surface area contributed by atoms with E-state index in [4.69, 9.17) is 27.9 Å². The number of carbonyl (C=O) groups is 3. The zero-order chi connectivity index (χ0) is 22.5. The molecule has 31 heavy (non-hydrogen) atoms. The van der Waals surface area contributed by atoms with Crippen molar-refractivity contribution in [2.24, 2.45) is 0 Å². The molecule has 0 aliphatic carbocycles. The quantitative estimate of drug-likeness (QED) is 0.484. The Morgan fingerprint density at radius 1 is 1.06 bits per heavy atom. The van der Waals surface area contributed by atoms with E-state index in [1.54, 1.807) is 36.4 Å². The van der Waals surface area contributed by atoms with E-state index in [-0.39, 0.29) is 10.7 Å². The lowest BCUT2D eigenvalue weighted by molar-refractivity contribution is -0.136. The van der Waals surface area contributed by atoms with Gasteiger partial charge in [-0.05, 0) is 36.8 Å². The molecule has 0 aliphatic rings. The van der Waals surface area contributed by atoms with E-state index >= 15 is 0 Å². The standard InChI is InChI=1S/C21H20Cl2N4O4/c1-3-9-24-20(29)21(30)26-27-16(10-12-5-4-6-17(31-2)18(12)27)19(28)25-15-8-7-13(22)11-14(15)23/h4-8,10-11H,3,9H2,1-2H3,(H,24,29)(H,25,28)(H,26,30). The van der Waals surface area contributed by atoms with Crippen LogP contribution in [0.3, 0.4) is 0 Å². The molecule has 3 aromatic rings. The number of methoxy groups -OCH3 is 1. The van der Waals surface area contributed by atoms with Gasteiger partial charge in [-0.3, -0.25) is 19.8 Å². The monoisotopic (exact) mass is 462 g/mol. The van der Waals surface area contributed by atoms with Crippen molar-refractivity contribution in [2.45, 2.75) is 13.3 Å². The fourth-order valence-electron chi connectivity index (χ4n) is 2.92. The summed E-state index contributed by atoms with van der Waals surface area (Å²) in [6.07, 6.45) is 0.675. The molecule has 8 nitrogen and oxygen atoms in total. The Morgan fingerprint density at radius 2 is 1.84 bits per heavy atom. The zero-order valence-corrected chi connectivity index (χ0v) is 18.3. The number of aromatic nitrogens is 1. The topological polar surface area (TPSA) is 101 Å². The van der Waals surface area contributed by atoms with Gasteiger partial charge in [0.05, 0.1) is 17.8 Å². The lowest BCUT2D eigenvalue weighted by Gasteiger charge is -2.14. The van der Waals surface area contributed by atoms with Gasteiger partial charge in [-0.1, -0.05) is 42.3 Å². The number of ether oxygens (including phenoxy) is 1. The van der Waals surface area contributed by atoms with Crippen molar-refractivity contribution in [3.05, 3.63) is 58.2 Å². The van der Waals surface area contributed by atoms with Crippen LogP contribution in [0.25, 0.3) is 10.9 Å². The van der Waals surface area contributed by atoms with E-state index in [0.29, 0.717) is 40.3 Å². The molecule has 0 unspecified atom stereocenters. The number of fused-ring (bicyclic) bond motifs is 1. The van der Waals surface area contributed by atoms with Crippen molar-refractivity contribution < 1.29 is 19.1 Å². The second-order valence-corrected chi connectivity index (χ2v) is 7.38. The van der Waals surface area contributed by atoms with E-state index in [9.17, 15) is 14.4 Å². The average molecular weight is 463 g/mol. The van der Waals surface area contributed by atoms with Crippen LogP contribution in [-0.2, 0) is 9.59 Å². The molecule has 0 radical (unpaired) electrons. The van der Waals surface area contributed by atoms with Crippen LogP contribution in [-0.4, -0.2) is 36.1 Å². The SMILES string of the molecule is CCCNC(=O)C(=O)Nn1c(C(=O)Nc2ccc(Cl)cc2Cl)cc2cccc(OC)c21. The molecular weight excluding hydrogens is 443 g/mol. The summed E-state index contributed by atoms with van der Waals surface area (Å²) >= 11 is 12.1.